The van der Waals surface area contributed by atoms with E-state index < -0.39 is 0 Å². The lowest BCUT2D eigenvalue weighted by Gasteiger charge is -2.10. The van der Waals surface area contributed by atoms with Gasteiger partial charge < -0.3 is 11.1 Å². The molecule has 0 saturated heterocycles. The van der Waals surface area contributed by atoms with Gasteiger partial charge in [0.25, 0.3) is 0 Å². The second-order valence-corrected chi connectivity index (χ2v) is 5.07. The quantitative estimate of drug-likeness (QED) is 0.484. The molecule has 0 spiro atoms. The molecule has 0 heterocycles. The van der Waals surface area contributed by atoms with E-state index in [1.807, 2.05) is 6.08 Å². The van der Waals surface area contributed by atoms with Crippen molar-refractivity contribution in [3.8, 4) is 0 Å². The van der Waals surface area contributed by atoms with Crippen molar-refractivity contribution < 1.29 is 4.79 Å². The predicted octanol–water partition coefficient (Wildman–Crippen LogP) is 1.15. The molecule has 3 nitrogen and oxygen atoms in total. The largest absolute Gasteiger partial charge is 0.355 e. The van der Waals surface area contributed by atoms with E-state index in [1.54, 1.807) is 11.8 Å². The summed E-state index contributed by atoms with van der Waals surface area (Å²) in [5, 5.41) is 2.88. The number of amides is 1. The van der Waals surface area contributed by atoms with Gasteiger partial charge in [0.15, 0.2) is 0 Å². The van der Waals surface area contributed by atoms with Crippen LogP contribution < -0.4 is 11.1 Å². The summed E-state index contributed by atoms with van der Waals surface area (Å²) < 4.78 is 0. The van der Waals surface area contributed by atoms with Gasteiger partial charge in [-0.15, -0.1) is 6.58 Å². The molecule has 1 unspecified atom stereocenters. The molecule has 1 aliphatic rings. The minimum absolute atomic E-state index is 0.0748. The van der Waals surface area contributed by atoms with Crippen LogP contribution in [-0.4, -0.2) is 30.0 Å². The number of carbonyl (C=O) groups excluding carboxylic acids is 1. The van der Waals surface area contributed by atoms with Gasteiger partial charge in [0.05, 0.1) is 0 Å². The highest BCUT2D eigenvalue weighted by Crippen LogP contribution is 2.32. The van der Waals surface area contributed by atoms with E-state index in [-0.39, 0.29) is 11.9 Å². The summed E-state index contributed by atoms with van der Waals surface area (Å²) in [6.07, 6.45) is 4.75. The Morgan fingerprint density at radius 2 is 2.40 bits per heavy atom. The summed E-state index contributed by atoms with van der Waals surface area (Å²) in [5.74, 6) is 2.58. The fourth-order valence-electron chi connectivity index (χ4n) is 1.41. The molecule has 1 saturated carbocycles. The maximum atomic E-state index is 11.4. The number of hydrogen-bond acceptors (Lipinski definition) is 3. The summed E-state index contributed by atoms with van der Waals surface area (Å²) in [6, 6.07) is 0.0748. The molecular weight excluding hydrogens is 208 g/mol. The molecule has 86 valence electrons. The molecule has 0 bridgehead atoms. The Morgan fingerprint density at radius 3 is 3.00 bits per heavy atom. The number of thioether (sulfide) groups is 1. The van der Waals surface area contributed by atoms with Crippen LogP contribution in [0.1, 0.15) is 19.3 Å². The zero-order valence-electron chi connectivity index (χ0n) is 9.08. The van der Waals surface area contributed by atoms with Crippen molar-refractivity contribution in [1.82, 2.24) is 5.32 Å². The van der Waals surface area contributed by atoms with Crippen LogP contribution in [0.5, 0.6) is 0 Å². The van der Waals surface area contributed by atoms with E-state index in [1.165, 1.54) is 12.8 Å². The summed E-state index contributed by atoms with van der Waals surface area (Å²) in [4.78, 5) is 11.4. The molecule has 0 aromatic rings. The van der Waals surface area contributed by atoms with E-state index >= 15 is 0 Å². The Morgan fingerprint density at radius 1 is 1.67 bits per heavy atom. The fourth-order valence-corrected chi connectivity index (χ4v) is 1.99. The molecule has 0 radical (unpaired) electrons. The van der Waals surface area contributed by atoms with Crippen LogP contribution in [0.3, 0.4) is 0 Å². The molecule has 0 aliphatic heterocycles. The molecule has 4 heteroatoms. The first-order chi connectivity index (χ1) is 7.24. The number of nitrogens with one attached hydrogen (secondary N) is 1. The average Bonchev–Trinajstić information content (AvgIpc) is 3.00. The van der Waals surface area contributed by atoms with Crippen LogP contribution in [-0.2, 0) is 4.79 Å². The lowest BCUT2D eigenvalue weighted by atomic mass is 10.1. The first-order valence-corrected chi connectivity index (χ1v) is 6.60. The van der Waals surface area contributed by atoms with Crippen LogP contribution in [0, 0.1) is 5.92 Å². The third-order valence-electron chi connectivity index (χ3n) is 2.45. The van der Waals surface area contributed by atoms with Crippen molar-refractivity contribution in [2.24, 2.45) is 11.7 Å². The van der Waals surface area contributed by atoms with E-state index in [9.17, 15) is 4.79 Å². The van der Waals surface area contributed by atoms with E-state index in [2.05, 4.69) is 11.9 Å². The Kier molecular flexibility index (Phi) is 5.79. The van der Waals surface area contributed by atoms with Crippen molar-refractivity contribution >= 4 is 17.7 Å². The van der Waals surface area contributed by atoms with Crippen LogP contribution >= 0.6 is 11.8 Å². The summed E-state index contributed by atoms with van der Waals surface area (Å²) in [6.45, 7) is 4.37. The monoisotopic (exact) mass is 228 g/mol. The lowest BCUT2D eigenvalue weighted by molar-refractivity contribution is -0.121. The van der Waals surface area contributed by atoms with Gasteiger partial charge in [-0.3, -0.25) is 4.79 Å². The first-order valence-electron chi connectivity index (χ1n) is 5.45. The number of carbonyl (C=O) groups is 1. The summed E-state index contributed by atoms with van der Waals surface area (Å²) >= 11 is 1.77. The Balaban J connectivity index is 1.95. The highest BCUT2D eigenvalue weighted by atomic mass is 32.2. The van der Waals surface area contributed by atoms with Gasteiger partial charge in [-0.2, -0.15) is 11.8 Å². The van der Waals surface area contributed by atoms with Crippen LogP contribution in [0.4, 0.5) is 0 Å². The van der Waals surface area contributed by atoms with E-state index in [0.717, 1.165) is 18.1 Å². The smallest absolute Gasteiger partial charge is 0.221 e. The molecule has 1 atom stereocenters. The third-order valence-corrected chi connectivity index (χ3v) is 3.42. The van der Waals surface area contributed by atoms with Gasteiger partial charge in [0, 0.05) is 30.5 Å². The van der Waals surface area contributed by atoms with Crippen LogP contribution in [0.25, 0.3) is 0 Å². The molecule has 1 fully saturated rings. The highest BCUT2D eigenvalue weighted by molar-refractivity contribution is 7.99. The van der Waals surface area contributed by atoms with Crippen LogP contribution in [0.2, 0.25) is 0 Å². The highest BCUT2D eigenvalue weighted by Gasteiger charge is 2.29. The Labute approximate surface area is 95.9 Å². The predicted molar refractivity (Wildman–Crippen MR) is 65.8 cm³/mol. The van der Waals surface area contributed by atoms with Gasteiger partial charge in [0.1, 0.15) is 0 Å². The normalized spacial score (nSPS) is 17.1. The molecule has 0 aromatic heterocycles. The van der Waals surface area contributed by atoms with E-state index in [0.29, 0.717) is 12.3 Å². The van der Waals surface area contributed by atoms with Crippen molar-refractivity contribution in [1.29, 1.82) is 0 Å². The van der Waals surface area contributed by atoms with Gasteiger partial charge in [-0.1, -0.05) is 6.08 Å². The second kappa shape index (κ2) is 6.90. The zero-order chi connectivity index (χ0) is 11.1. The third kappa shape index (κ3) is 5.85. The topological polar surface area (TPSA) is 55.1 Å². The number of hydrogen-bond donors (Lipinski definition) is 2. The Bertz CT molecular complexity index is 217. The zero-order valence-corrected chi connectivity index (χ0v) is 9.89. The summed E-state index contributed by atoms with van der Waals surface area (Å²) in [5.41, 5.74) is 5.85. The maximum absolute atomic E-state index is 11.4. The van der Waals surface area contributed by atoms with Gasteiger partial charge in [0.2, 0.25) is 5.91 Å². The lowest BCUT2D eigenvalue weighted by Crippen LogP contribution is -2.33. The summed E-state index contributed by atoms with van der Waals surface area (Å²) in [7, 11) is 0. The number of rotatable bonds is 8. The van der Waals surface area contributed by atoms with Crippen molar-refractivity contribution in [3.05, 3.63) is 12.7 Å². The van der Waals surface area contributed by atoms with Crippen LogP contribution in [0.15, 0.2) is 12.7 Å². The number of nitrogens with two attached hydrogens (primary N) is 1. The average molecular weight is 228 g/mol. The van der Waals surface area contributed by atoms with E-state index in [4.69, 9.17) is 5.73 Å². The molecule has 0 aromatic carbocycles. The standard InChI is InChI=1S/C11H20N2OS/c1-2-6-15-7-5-13-11(14)8-10(12)9-3-4-9/h2,9-10H,1,3-8,12H2,(H,13,14). The molecule has 1 aliphatic carbocycles. The van der Waals surface area contributed by atoms with Crippen molar-refractivity contribution in [3.63, 3.8) is 0 Å². The molecule has 1 amide bonds. The van der Waals surface area contributed by atoms with Gasteiger partial charge >= 0.3 is 0 Å². The molecule has 15 heavy (non-hydrogen) atoms. The first kappa shape index (κ1) is 12.6. The van der Waals surface area contributed by atoms with Crippen molar-refractivity contribution in [2.45, 2.75) is 25.3 Å². The Hall–Kier alpha value is -0.480. The molecule has 3 N–H and O–H groups in total. The van der Waals surface area contributed by atoms with Crippen molar-refractivity contribution in [2.75, 3.05) is 18.1 Å². The SMILES string of the molecule is C=CCSCCNC(=O)CC(N)C1CC1. The molecular formula is C11H20N2OS. The van der Waals surface area contributed by atoms with Gasteiger partial charge in [-0.05, 0) is 18.8 Å². The second-order valence-electron chi connectivity index (χ2n) is 3.92. The van der Waals surface area contributed by atoms with Gasteiger partial charge in [-0.25, -0.2) is 0 Å². The maximum Gasteiger partial charge on any atom is 0.221 e. The minimum atomic E-state index is 0.0748. The fraction of sp³-hybridized carbons (Fsp3) is 0.727. The minimum Gasteiger partial charge on any atom is -0.355 e. The molecule has 1 rings (SSSR count).